The Hall–Kier alpha value is -6.37. The Balaban J connectivity index is 0.000000955. The molecule has 4 aromatic rings. The maximum absolute atomic E-state index is 13.8. The number of tetrazole rings is 1. The molecule has 0 spiro atoms. The van der Waals surface area contributed by atoms with Gasteiger partial charge in [-0.25, -0.2) is 9.59 Å². The van der Waals surface area contributed by atoms with Crippen molar-refractivity contribution in [2.45, 2.75) is 90.0 Å². The molecular weight excluding hydrogens is 812 g/mol. The van der Waals surface area contributed by atoms with Crippen LogP contribution in [0, 0.1) is 18.8 Å². The molecule has 332 valence electrons. The molecule has 1 aromatic heterocycles. The van der Waals surface area contributed by atoms with Crippen LogP contribution < -0.4 is 21.3 Å². The molecule has 0 bridgehead atoms. The van der Waals surface area contributed by atoms with Crippen LogP contribution in [0.25, 0.3) is 22.5 Å². The highest BCUT2D eigenvalue weighted by Gasteiger charge is 2.38. The summed E-state index contributed by atoms with van der Waals surface area (Å²) >= 11 is 0. The van der Waals surface area contributed by atoms with Gasteiger partial charge in [0.15, 0.2) is 0 Å². The van der Waals surface area contributed by atoms with Crippen LogP contribution in [0.2, 0.25) is 0 Å². The lowest BCUT2D eigenvalue weighted by Crippen LogP contribution is -2.48. The first-order valence-electron chi connectivity index (χ1n) is 20.4. The largest absolute Gasteiger partial charge is 0.490 e. The zero-order valence-electron chi connectivity index (χ0n) is 34.7. The lowest BCUT2D eigenvalue weighted by atomic mass is 9.81. The molecule has 0 unspecified atom stereocenters. The van der Waals surface area contributed by atoms with Crippen molar-refractivity contribution in [1.82, 2.24) is 41.5 Å². The first-order valence-corrected chi connectivity index (χ1v) is 20.4. The number of nitrogens with one attached hydrogen (secondary N) is 5. The Morgan fingerprint density at radius 1 is 0.871 bits per heavy atom. The van der Waals surface area contributed by atoms with Crippen molar-refractivity contribution in [2.24, 2.45) is 11.8 Å². The fraction of sp³-hybridized carbons (Fsp3) is 0.442. The number of aromatic nitrogens is 4. The smallest absolute Gasteiger partial charge is 0.475 e. The highest BCUT2D eigenvalue weighted by molar-refractivity contribution is 5.98. The number of anilines is 1. The number of aryl methyl sites for hydroxylation is 1. The van der Waals surface area contributed by atoms with E-state index < -0.39 is 24.3 Å². The van der Waals surface area contributed by atoms with Crippen LogP contribution >= 0.6 is 0 Å². The summed E-state index contributed by atoms with van der Waals surface area (Å²) in [5.41, 5.74) is 5.78. The third kappa shape index (κ3) is 13.6. The number of rotatable bonds is 13. The summed E-state index contributed by atoms with van der Waals surface area (Å²) in [6.45, 7) is 8.76. The van der Waals surface area contributed by atoms with E-state index >= 15 is 0 Å². The lowest BCUT2D eigenvalue weighted by molar-refractivity contribution is -0.192. The molecule has 2 fully saturated rings. The second kappa shape index (κ2) is 21.4. The molecule has 1 aliphatic carbocycles. The first-order chi connectivity index (χ1) is 29.5. The molecule has 1 atom stereocenters. The standard InChI is InChI=1S/C41H51N9O5.C2HF3O2/c1-25(2)50-20-18-34(19-21-50)43-39(52)32-14-17-35(26(3)22-32)29-8-4-27(5-9-29)23-36(45-38(51)31-10-6-28(7-11-31)24-42-41(54)55)40(53)44-33-15-12-30(13-16-33)37-46-48-49-47-37;3-2(4,5)1(6)7/h4-5,8-9,12-17,22,25,28,31,34,36,42H,6-7,10-11,18-21,23-24H2,1-3H3,(H,43,52)(H,44,53)(H,45,51)(H,54,55)(H,46,47,48,49);(H,6,7)/t28?,31?,36-;/m0./s1. The minimum atomic E-state index is -5.08. The number of halogens is 3. The van der Waals surface area contributed by atoms with E-state index in [2.05, 4.69) is 60.6 Å². The molecular formula is C43H52F3N9O7. The van der Waals surface area contributed by atoms with Gasteiger partial charge in [0.05, 0.1) is 0 Å². The van der Waals surface area contributed by atoms with Gasteiger partial charge in [-0.2, -0.15) is 18.4 Å². The highest BCUT2D eigenvalue weighted by Crippen LogP contribution is 2.30. The van der Waals surface area contributed by atoms with Crippen LogP contribution in [0.4, 0.5) is 23.7 Å². The van der Waals surface area contributed by atoms with Crippen molar-refractivity contribution in [2.75, 3.05) is 25.0 Å². The van der Waals surface area contributed by atoms with Gasteiger partial charge in [0.1, 0.15) is 6.04 Å². The van der Waals surface area contributed by atoms with Crippen LogP contribution in [-0.4, -0.2) is 109 Å². The summed E-state index contributed by atoms with van der Waals surface area (Å²) in [4.78, 5) is 62.7. The van der Waals surface area contributed by atoms with Crippen LogP contribution in [0.5, 0.6) is 0 Å². The number of aliphatic carboxylic acids is 1. The average Bonchev–Trinajstić information content (AvgIpc) is 3.79. The predicted octanol–water partition coefficient (Wildman–Crippen LogP) is 5.82. The van der Waals surface area contributed by atoms with E-state index in [0.29, 0.717) is 42.5 Å². The summed E-state index contributed by atoms with van der Waals surface area (Å²) < 4.78 is 31.7. The summed E-state index contributed by atoms with van der Waals surface area (Å²) in [5.74, 6) is -2.99. The number of hydrogen-bond donors (Lipinski definition) is 7. The van der Waals surface area contributed by atoms with Gasteiger partial charge in [-0.15, -0.1) is 10.2 Å². The number of likely N-dealkylation sites (tertiary alicyclic amines) is 1. The average molecular weight is 864 g/mol. The number of H-pyrrole nitrogens is 1. The third-order valence-electron chi connectivity index (χ3n) is 11.2. The molecule has 4 amide bonds. The first kappa shape index (κ1) is 46.7. The van der Waals surface area contributed by atoms with Crippen molar-refractivity contribution >= 4 is 35.5 Å². The molecule has 1 saturated heterocycles. The monoisotopic (exact) mass is 863 g/mol. The summed E-state index contributed by atoms with van der Waals surface area (Å²) in [5, 5.41) is 41.7. The SMILES string of the molecule is Cc1cc(C(=O)NC2CCN(C(C)C)CC2)ccc1-c1ccc(C[C@H](NC(=O)C2CCC(CNC(=O)O)CC2)C(=O)Nc2ccc(-c3nn[nH]n3)cc2)cc1.O=C(O)C(F)(F)F. The predicted molar refractivity (Wildman–Crippen MR) is 223 cm³/mol. The van der Waals surface area contributed by atoms with E-state index in [1.54, 1.807) is 24.3 Å². The van der Waals surface area contributed by atoms with E-state index in [0.717, 1.165) is 66.6 Å². The number of carboxylic acids is 1. The number of benzene rings is 3. The second-order valence-electron chi connectivity index (χ2n) is 15.9. The number of aromatic amines is 1. The summed E-state index contributed by atoms with van der Waals surface area (Å²) in [7, 11) is 0. The maximum atomic E-state index is 13.8. The van der Waals surface area contributed by atoms with Crippen molar-refractivity contribution in [3.63, 3.8) is 0 Å². The van der Waals surface area contributed by atoms with Crippen LogP contribution in [0.1, 0.15) is 73.9 Å². The van der Waals surface area contributed by atoms with Crippen molar-refractivity contribution in [3.8, 4) is 22.5 Å². The van der Waals surface area contributed by atoms with Gasteiger partial charge in [0, 0.05) is 60.9 Å². The Kier molecular flexibility index (Phi) is 16.1. The topological polar surface area (TPSA) is 232 Å². The molecule has 62 heavy (non-hydrogen) atoms. The third-order valence-corrected chi connectivity index (χ3v) is 11.2. The maximum Gasteiger partial charge on any atom is 0.490 e. The van der Waals surface area contributed by atoms with Gasteiger partial charge in [-0.05, 0) is 129 Å². The van der Waals surface area contributed by atoms with Gasteiger partial charge in [-0.3, -0.25) is 14.4 Å². The van der Waals surface area contributed by atoms with E-state index in [1.165, 1.54) is 0 Å². The van der Waals surface area contributed by atoms with Crippen LogP contribution in [0.15, 0.2) is 66.7 Å². The minimum absolute atomic E-state index is 0.0504. The molecule has 1 saturated carbocycles. The Morgan fingerprint density at radius 3 is 2.05 bits per heavy atom. The van der Waals surface area contributed by atoms with Crippen molar-refractivity contribution in [1.29, 1.82) is 0 Å². The van der Waals surface area contributed by atoms with E-state index in [1.807, 2.05) is 49.4 Å². The second-order valence-corrected chi connectivity index (χ2v) is 15.9. The summed E-state index contributed by atoms with van der Waals surface area (Å²) in [6, 6.07) is 20.6. The number of amides is 4. The highest BCUT2D eigenvalue weighted by atomic mass is 19.4. The van der Waals surface area contributed by atoms with Gasteiger partial charge < -0.3 is 36.4 Å². The number of carboxylic acid groups (broad SMARTS) is 2. The molecule has 0 radical (unpaired) electrons. The fourth-order valence-corrected chi connectivity index (χ4v) is 7.59. The number of piperidine rings is 1. The number of alkyl halides is 3. The quantitative estimate of drug-likeness (QED) is 0.0847. The van der Waals surface area contributed by atoms with Crippen molar-refractivity contribution in [3.05, 3.63) is 83.4 Å². The molecule has 6 rings (SSSR count). The Bertz CT molecular complexity index is 2130. The molecule has 1 aliphatic heterocycles. The zero-order valence-corrected chi connectivity index (χ0v) is 34.7. The minimum Gasteiger partial charge on any atom is -0.475 e. The normalized spacial score (nSPS) is 17.5. The van der Waals surface area contributed by atoms with E-state index in [-0.39, 0.29) is 42.0 Å². The lowest BCUT2D eigenvalue weighted by Gasteiger charge is -2.34. The molecule has 19 heteroatoms. The molecule has 2 heterocycles. The summed E-state index contributed by atoms with van der Waals surface area (Å²) in [6.07, 6.45) is -1.27. The van der Waals surface area contributed by atoms with Gasteiger partial charge in [0.25, 0.3) is 5.91 Å². The van der Waals surface area contributed by atoms with E-state index in [4.69, 9.17) is 15.0 Å². The van der Waals surface area contributed by atoms with Crippen LogP contribution in [0.3, 0.4) is 0 Å². The van der Waals surface area contributed by atoms with Gasteiger partial charge in [-0.1, -0.05) is 30.3 Å². The molecule has 7 N–H and O–H groups in total. The van der Waals surface area contributed by atoms with Crippen molar-refractivity contribution < 1.29 is 47.4 Å². The Morgan fingerprint density at radius 2 is 1.50 bits per heavy atom. The number of hydrogen-bond acceptors (Lipinski definition) is 9. The molecule has 16 nitrogen and oxygen atoms in total. The Labute approximate surface area is 356 Å². The van der Waals surface area contributed by atoms with E-state index in [9.17, 15) is 32.3 Å². The number of carbonyl (C=O) groups is 5. The zero-order chi connectivity index (χ0) is 45.0. The number of carbonyl (C=O) groups excluding carboxylic acids is 3. The fourth-order valence-electron chi connectivity index (χ4n) is 7.59. The number of nitrogens with zero attached hydrogens (tertiary/aromatic N) is 4. The molecule has 2 aliphatic rings. The molecule has 3 aromatic carbocycles. The van der Waals surface area contributed by atoms with Gasteiger partial charge in [0.2, 0.25) is 17.6 Å². The van der Waals surface area contributed by atoms with Gasteiger partial charge >= 0.3 is 18.2 Å². The van der Waals surface area contributed by atoms with Crippen LogP contribution in [-0.2, 0) is 20.8 Å².